The van der Waals surface area contributed by atoms with Gasteiger partial charge in [-0.3, -0.25) is 0 Å². The highest BCUT2D eigenvalue weighted by Gasteiger charge is 1.99. The average Bonchev–Trinajstić information content (AvgIpc) is 2.03. The molecule has 0 unspecified atom stereocenters. The quantitative estimate of drug-likeness (QED) is 0.649. The molecule has 1 aromatic rings. The number of halogens is 2. The van der Waals surface area contributed by atoms with Gasteiger partial charge in [-0.05, 0) is 24.3 Å². The largest absolute Gasteiger partial charge is 0.493 e. The van der Waals surface area contributed by atoms with E-state index in [9.17, 15) is 4.39 Å². The van der Waals surface area contributed by atoms with Crippen LogP contribution in [0.15, 0.2) is 22.7 Å². The molecule has 1 rings (SSSR count). The molecule has 0 N–H and O–H groups in total. The molecule has 0 aliphatic carbocycles. The molecule has 0 aliphatic rings. The molecule has 0 fully saturated rings. The minimum atomic E-state index is -0.296. The second kappa shape index (κ2) is 5.50. The lowest BCUT2D eigenvalue weighted by Crippen LogP contribution is -1.98. The fourth-order valence-electron chi connectivity index (χ4n) is 0.866. The summed E-state index contributed by atoms with van der Waals surface area (Å²) in [7, 11) is 0. The van der Waals surface area contributed by atoms with Gasteiger partial charge >= 0.3 is 0 Å². The summed E-state index contributed by atoms with van der Waals surface area (Å²) in [5.74, 6) is 1.03. The summed E-state index contributed by atoms with van der Waals surface area (Å²) in [6, 6.07) is 4.50. The lowest BCUT2D eigenvalue weighted by Gasteiger charge is -2.05. The normalized spacial score (nSPS) is 10.1. The van der Waals surface area contributed by atoms with Gasteiger partial charge in [-0.15, -0.1) is 0 Å². The van der Waals surface area contributed by atoms with Gasteiger partial charge < -0.3 is 4.74 Å². The van der Waals surface area contributed by atoms with Crippen LogP contribution in [0.5, 0.6) is 5.75 Å². The number of thiol groups is 1. The molecule has 0 heterocycles. The summed E-state index contributed by atoms with van der Waals surface area (Å²) in [6.07, 6.45) is 0.858. The van der Waals surface area contributed by atoms with Crippen LogP contribution in [0.4, 0.5) is 4.39 Å². The van der Waals surface area contributed by atoms with Crippen molar-refractivity contribution in [2.45, 2.75) is 6.42 Å². The topological polar surface area (TPSA) is 9.23 Å². The van der Waals surface area contributed by atoms with Crippen molar-refractivity contribution in [3.8, 4) is 5.75 Å². The smallest absolute Gasteiger partial charge is 0.128 e. The lowest BCUT2D eigenvalue weighted by atomic mass is 10.3. The van der Waals surface area contributed by atoms with Gasteiger partial charge in [-0.2, -0.15) is 12.6 Å². The minimum Gasteiger partial charge on any atom is -0.493 e. The molecular weight excluding hydrogens is 255 g/mol. The Morgan fingerprint density at radius 2 is 2.15 bits per heavy atom. The fraction of sp³-hybridized carbons (Fsp3) is 0.333. The Kier molecular flexibility index (Phi) is 4.59. The van der Waals surface area contributed by atoms with Crippen LogP contribution in [0, 0.1) is 5.82 Å². The van der Waals surface area contributed by atoms with Crippen molar-refractivity contribution in [3.05, 3.63) is 28.5 Å². The number of rotatable bonds is 4. The minimum absolute atomic E-state index is 0.296. The maximum Gasteiger partial charge on any atom is 0.128 e. The van der Waals surface area contributed by atoms with Crippen molar-refractivity contribution < 1.29 is 9.13 Å². The van der Waals surface area contributed by atoms with E-state index >= 15 is 0 Å². The van der Waals surface area contributed by atoms with Crippen molar-refractivity contribution in [2.24, 2.45) is 0 Å². The van der Waals surface area contributed by atoms with E-state index in [1.54, 1.807) is 6.07 Å². The number of benzene rings is 1. The van der Waals surface area contributed by atoms with Crippen molar-refractivity contribution in [3.63, 3.8) is 0 Å². The van der Waals surface area contributed by atoms with Crippen LogP contribution >= 0.6 is 28.6 Å². The summed E-state index contributed by atoms with van der Waals surface area (Å²) >= 11 is 7.23. The SMILES string of the molecule is Fc1cc(Br)cc(OCCCS)c1. The van der Waals surface area contributed by atoms with E-state index in [0.717, 1.165) is 12.2 Å². The van der Waals surface area contributed by atoms with E-state index in [1.807, 2.05) is 0 Å². The van der Waals surface area contributed by atoms with Crippen LogP contribution in [0.25, 0.3) is 0 Å². The lowest BCUT2D eigenvalue weighted by molar-refractivity contribution is 0.317. The molecule has 4 heteroatoms. The molecular formula is C9H10BrFOS. The first-order valence-electron chi connectivity index (χ1n) is 3.92. The van der Waals surface area contributed by atoms with E-state index in [2.05, 4.69) is 28.6 Å². The zero-order chi connectivity index (χ0) is 9.68. The Morgan fingerprint density at radius 1 is 1.38 bits per heavy atom. The highest BCUT2D eigenvalue weighted by molar-refractivity contribution is 9.10. The van der Waals surface area contributed by atoms with E-state index in [1.165, 1.54) is 12.1 Å². The maximum atomic E-state index is 12.8. The zero-order valence-electron chi connectivity index (χ0n) is 6.96. The van der Waals surface area contributed by atoms with Crippen molar-refractivity contribution in [1.29, 1.82) is 0 Å². The Bertz CT molecular complexity index is 260. The van der Waals surface area contributed by atoms with E-state index < -0.39 is 0 Å². The second-order valence-corrected chi connectivity index (χ2v) is 3.89. The molecule has 0 saturated heterocycles. The summed E-state index contributed by atoms with van der Waals surface area (Å²) in [5.41, 5.74) is 0. The van der Waals surface area contributed by atoms with Crippen LogP contribution in [-0.4, -0.2) is 12.4 Å². The standard InChI is InChI=1S/C9H10BrFOS/c10-7-4-8(11)6-9(5-7)12-2-1-3-13/h4-6,13H,1-3H2. The predicted molar refractivity (Wildman–Crippen MR) is 58.1 cm³/mol. The van der Waals surface area contributed by atoms with Crippen LogP contribution in [-0.2, 0) is 0 Å². The van der Waals surface area contributed by atoms with E-state index in [4.69, 9.17) is 4.74 Å². The molecule has 1 nitrogen and oxygen atoms in total. The van der Waals surface area contributed by atoms with Gasteiger partial charge in [0.1, 0.15) is 11.6 Å². The third-order valence-electron chi connectivity index (χ3n) is 1.41. The van der Waals surface area contributed by atoms with E-state index in [-0.39, 0.29) is 5.82 Å². The second-order valence-electron chi connectivity index (χ2n) is 2.53. The highest BCUT2D eigenvalue weighted by atomic mass is 79.9. The van der Waals surface area contributed by atoms with Crippen LogP contribution < -0.4 is 4.74 Å². The molecule has 72 valence electrons. The predicted octanol–water partition coefficient (Wildman–Crippen LogP) is 3.29. The molecule has 0 atom stereocenters. The molecule has 1 aromatic carbocycles. The van der Waals surface area contributed by atoms with Crippen molar-refractivity contribution in [1.82, 2.24) is 0 Å². The average molecular weight is 265 g/mol. The van der Waals surface area contributed by atoms with Gasteiger partial charge in [0.25, 0.3) is 0 Å². The third-order valence-corrected chi connectivity index (χ3v) is 2.18. The monoisotopic (exact) mass is 264 g/mol. The molecule has 0 radical (unpaired) electrons. The van der Waals surface area contributed by atoms with E-state index in [0.29, 0.717) is 16.8 Å². The fourth-order valence-corrected chi connectivity index (χ4v) is 1.44. The summed E-state index contributed by atoms with van der Waals surface area (Å²) < 4.78 is 18.8. The van der Waals surface area contributed by atoms with Crippen LogP contribution in [0.1, 0.15) is 6.42 Å². The molecule has 0 aliphatic heterocycles. The summed E-state index contributed by atoms with van der Waals surface area (Å²) in [5, 5.41) is 0. The van der Waals surface area contributed by atoms with Crippen LogP contribution in [0.3, 0.4) is 0 Å². The number of hydrogen-bond donors (Lipinski definition) is 1. The summed E-state index contributed by atoms with van der Waals surface area (Å²) in [4.78, 5) is 0. The van der Waals surface area contributed by atoms with Gasteiger partial charge in [-0.25, -0.2) is 4.39 Å². The number of hydrogen-bond acceptors (Lipinski definition) is 2. The Labute approximate surface area is 90.8 Å². The first-order chi connectivity index (χ1) is 6.22. The first-order valence-corrected chi connectivity index (χ1v) is 5.34. The van der Waals surface area contributed by atoms with Crippen LogP contribution in [0.2, 0.25) is 0 Å². The Balaban J connectivity index is 2.56. The van der Waals surface area contributed by atoms with Crippen molar-refractivity contribution >= 4 is 28.6 Å². The summed E-state index contributed by atoms with van der Waals surface area (Å²) in [6.45, 7) is 0.569. The Morgan fingerprint density at radius 3 is 2.77 bits per heavy atom. The Hall–Kier alpha value is -0.220. The highest BCUT2D eigenvalue weighted by Crippen LogP contribution is 2.20. The van der Waals surface area contributed by atoms with Gasteiger partial charge in [0, 0.05) is 10.5 Å². The molecule has 13 heavy (non-hydrogen) atoms. The zero-order valence-corrected chi connectivity index (χ0v) is 9.45. The molecule has 0 saturated carbocycles. The molecule has 0 spiro atoms. The maximum absolute atomic E-state index is 12.8. The third kappa shape index (κ3) is 4.00. The number of ether oxygens (including phenoxy) is 1. The molecule has 0 aromatic heterocycles. The molecule has 0 amide bonds. The van der Waals surface area contributed by atoms with Gasteiger partial charge in [0.05, 0.1) is 6.61 Å². The van der Waals surface area contributed by atoms with Crippen molar-refractivity contribution in [2.75, 3.05) is 12.4 Å². The van der Waals surface area contributed by atoms with Gasteiger partial charge in [0.2, 0.25) is 0 Å². The van der Waals surface area contributed by atoms with Gasteiger partial charge in [0.15, 0.2) is 0 Å². The molecule has 0 bridgehead atoms. The first kappa shape index (κ1) is 10.9. The van der Waals surface area contributed by atoms with Gasteiger partial charge in [-0.1, -0.05) is 15.9 Å².